The van der Waals surface area contributed by atoms with E-state index in [9.17, 15) is 4.79 Å². The van der Waals surface area contributed by atoms with Crippen LogP contribution in [0.2, 0.25) is 5.02 Å². The third kappa shape index (κ3) is 4.77. The molecule has 0 bridgehead atoms. The van der Waals surface area contributed by atoms with Crippen LogP contribution in [0.3, 0.4) is 0 Å². The lowest BCUT2D eigenvalue weighted by atomic mass is 10.1. The molecule has 138 valence electrons. The molecule has 1 fully saturated rings. The molecule has 1 aliphatic heterocycles. The number of nitrogens with zero attached hydrogens (tertiary/aromatic N) is 2. The molecule has 1 heterocycles. The fourth-order valence-electron chi connectivity index (χ4n) is 3.46. The summed E-state index contributed by atoms with van der Waals surface area (Å²) in [6.45, 7) is 7.19. The largest absolute Gasteiger partial charge is 0.360 e. The average molecular weight is 373 g/mol. The van der Waals surface area contributed by atoms with Gasteiger partial charge in [0.05, 0.1) is 26.2 Å². The van der Waals surface area contributed by atoms with Gasteiger partial charge in [-0.1, -0.05) is 48.0 Å². The van der Waals surface area contributed by atoms with E-state index in [1.54, 1.807) is 0 Å². The topological polar surface area (TPSA) is 28.0 Å². The second kappa shape index (κ2) is 8.56. The molecule has 0 aliphatic carbocycles. The minimum Gasteiger partial charge on any atom is -0.360 e. The molecular formula is C21H27ClN3O+. The molecule has 1 aliphatic rings. The number of rotatable bonds is 5. The number of benzene rings is 2. The number of amides is 1. The van der Waals surface area contributed by atoms with Gasteiger partial charge in [-0.05, 0) is 30.2 Å². The second-order valence-electron chi connectivity index (χ2n) is 7.08. The second-order valence-corrected chi connectivity index (χ2v) is 7.52. The Kier molecular flexibility index (Phi) is 6.17. The van der Waals surface area contributed by atoms with Crippen LogP contribution in [0.15, 0.2) is 48.5 Å². The highest BCUT2D eigenvalue weighted by atomic mass is 35.5. The molecule has 26 heavy (non-hydrogen) atoms. The highest BCUT2D eigenvalue weighted by Gasteiger charge is 2.24. The van der Waals surface area contributed by atoms with Gasteiger partial charge in [0.1, 0.15) is 0 Å². The number of anilines is 1. The molecule has 0 saturated carbocycles. The summed E-state index contributed by atoms with van der Waals surface area (Å²) in [5, 5.41) is 0.776. The minimum atomic E-state index is 0.205. The molecule has 1 amide bonds. The Balaban J connectivity index is 1.50. The van der Waals surface area contributed by atoms with E-state index >= 15 is 0 Å². The van der Waals surface area contributed by atoms with E-state index in [2.05, 4.69) is 30.0 Å². The van der Waals surface area contributed by atoms with Crippen LogP contribution >= 0.6 is 11.6 Å². The van der Waals surface area contributed by atoms with Gasteiger partial charge in [-0.3, -0.25) is 4.79 Å². The van der Waals surface area contributed by atoms with Crippen molar-refractivity contribution in [2.24, 2.45) is 0 Å². The summed E-state index contributed by atoms with van der Waals surface area (Å²) in [4.78, 5) is 18.1. The van der Waals surface area contributed by atoms with Gasteiger partial charge in [-0.2, -0.15) is 0 Å². The third-order valence-corrected chi connectivity index (χ3v) is 5.31. The number of likely N-dealkylation sites (N-methyl/N-ethyl adjacent to an activating group) is 1. The molecule has 0 atom stereocenters. The Morgan fingerprint density at radius 2 is 1.85 bits per heavy atom. The van der Waals surface area contributed by atoms with Crippen LogP contribution < -0.4 is 9.80 Å². The van der Waals surface area contributed by atoms with Crippen LogP contribution in [-0.4, -0.2) is 50.6 Å². The number of piperazine rings is 1. The van der Waals surface area contributed by atoms with Gasteiger partial charge < -0.3 is 14.7 Å². The van der Waals surface area contributed by atoms with Gasteiger partial charge in [0.15, 0.2) is 6.54 Å². The van der Waals surface area contributed by atoms with Crippen molar-refractivity contribution in [3.63, 3.8) is 0 Å². The molecule has 1 saturated heterocycles. The van der Waals surface area contributed by atoms with E-state index in [0.29, 0.717) is 13.1 Å². The quantitative estimate of drug-likeness (QED) is 0.869. The Hall–Kier alpha value is -2.04. The SMILES string of the molecule is Cc1ccc(Cl)cc1N1CC[NH+](CC(=O)N(C)Cc2ccccc2)CC1. The summed E-state index contributed by atoms with van der Waals surface area (Å²) in [7, 11) is 1.89. The Morgan fingerprint density at radius 3 is 2.54 bits per heavy atom. The van der Waals surface area contributed by atoms with E-state index < -0.39 is 0 Å². The van der Waals surface area contributed by atoms with Gasteiger partial charge in [-0.25, -0.2) is 0 Å². The normalized spacial score (nSPS) is 15.1. The maximum atomic E-state index is 12.5. The zero-order valence-electron chi connectivity index (χ0n) is 15.5. The average Bonchev–Trinajstić information content (AvgIpc) is 2.65. The van der Waals surface area contributed by atoms with Crippen molar-refractivity contribution in [1.29, 1.82) is 0 Å². The monoisotopic (exact) mass is 372 g/mol. The highest BCUT2D eigenvalue weighted by molar-refractivity contribution is 6.30. The van der Waals surface area contributed by atoms with Gasteiger partial charge in [0.25, 0.3) is 5.91 Å². The number of aryl methyl sites for hydroxylation is 1. The Bertz CT molecular complexity index is 742. The molecule has 2 aromatic carbocycles. The number of quaternary nitrogens is 1. The first-order chi connectivity index (χ1) is 12.5. The fraction of sp³-hybridized carbons (Fsp3) is 0.381. The minimum absolute atomic E-state index is 0.205. The van der Waals surface area contributed by atoms with Crippen LogP contribution in [0.5, 0.6) is 0 Å². The standard InChI is InChI=1S/C21H26ClN3O/c1-17-8-9-19(22)14-20(17)25-12-10-24(11-13-25)16-21(26)23(2)15-18-6-4-3-5-7-18/h3-9,14H,10-13,15-16H2,1-2H3/p+1. The summed E-state index contributed by atoms with van der Waals surface area (Å²) in [6, 6.07) is 16.2. The lowest BCUT2D eigenvalue weighted by Gasteiger charge is -2.34. The fourth-order valence-corrected chi connectivity index (χ4v) is 3.62. The molecule has 4 nitrogen and oxygen atoms in total. The lowest BCUT2D eigenvalue weighted by molar-refractivity contribution is -0.892. The molecule has 0 spiro atoms. The zero-order valence-corrected chi connectivity index (χ0v) is 16.3. The van der Waals surface area contributed by atoms with Crippen LogP contribution in [-0.2, 0) is 11.3 Å². The predicted molar refractivity (Wildman–Crippen MR) is 107 cm³/mol. The first-order valence-electron chi connectivity index (χ1n) is 9.15. The van der Waals surface area contributed by atoms with E-state index in [0.717, 1.165) is 31.2 Å². The summed E-state index contributed by atoms with van der Waals surface area (Å²) in [5.74, 6) is 0.205. The first-order valence-corrected chi connectivity index (χ1v) is 9.53. The van der Waals surface area contributed by atoms with Crippen molar-refractivity contribution in [3.8, 4) is 0 Å². The number of hydrogen-bond donors (Lipinski definition) is 1. The van der Waals surface area contributed by atoms with Crippen molar-refractivity contribution < 1.29 is 9.69 Å². The molecule has 0 aromatic heterocycles. The molecule has 1 N–H and O–H groups in total. The van der Waals surface area contributed by atoms with Gasteiger partial charge in [0, 0.05) is 24.3 Å². The van der Waals surface area contributed by atoms with Crippen LogP contribution in [0, 0.1) is 6.92 Å². The number of carbonyl (C=O) groups excluding carboxylic acids is 1. The van der Waals surface area contributed by atoms with Gasteiger partial charge in [0.2, 0.25) is 0 Å². The smallest absolute Gasteiger partial charge is 0.277 e. The Labute approximate surface area is 161 Å². The maximum absolute atomic E-state index is 12.5. The van der Waals surface area contributed by atoms with E-state index in [1.165, 1.54) is 21.7 Å². The lowest BCUT2D eigenvalue weighted by Crippen LogP contribution is -3.15. The first kappa shape index (κ1) is 18.7. The van der Waals surface area contributed by atoms with Crippen molar-refractivity contribution in [2.75, 3.05) is 44.7 Å². The van der Waals surface area contributed by atoms with Crippen molar-refractivity contribution in [1.82, 2.24) is 4.90 Å². The third-order valence-electron chi connectivity index (χ3n) is 5.07. The summed E-state index contributed by atoms with van der Waals surface area (Å²) < 4.78 is 0. The van der Waals surface area contributed by atoms with Crippen LogP contribution in [0.25, 0.3) is 0 Å². The van der Waals surface area contributed by atoms with E-state index in [4.69, 9.17) is 11.6 Å². The molecular weight excluding hydrogens is 346 g/mol. The van der Waals surface area contributed by atoms with E-state index in [1.807, 2.05) is 42.3 Å². The molecule has 0 unspecified atom stereocenters. The van der Waals surface area contributed by atoms with E-state index in [-0.39, 0.29) is 5.91 Å². The molecule has 2 aromatic rings. The van der Waals surface area contributed by atoms with Gasteiger partial charge >= 0.3 is 0 Å². The Morgan fingerprint density at radius 1 is 1.15 bits per heavy atom. The van der Waals surface area contributed by atoms with Crippen LogP contribution in [0.1, 0.15) is 11.1 Å². The predicted octanol–water partition coefficient (Wildman–Crippen LogP) is 2.01. The molecule has 3 rings (SSSR count). The van der Waals surface area contributed by atoms with Gasteiger partial charge in [-0.15, -0.1) is 0 Å². The van der Waals surface area contributed by atoms with Crippen molar-refractivity contribution in [2.45, 2.75) is 13.5 Å². The summed E-state index contributed by atoms with van der Waals surface area (Å²) in [5.41, 5.74) is 3.63. The zero-order chi connectivity index (χ0) is 18.5. The van der Waals surface area contributed by atoms with Crippen molar-refractivity contribution >= 4 is 23.2 Å². The number of halogens is 1. The molecule has 0 radical (unpaired) electrons. The highest BCUT2D eigenvalue weighted by Crippen LogP contribution is 2.24. The number of carbonyl (C=O) groups is 1. The van der Waals surface area contributed by atoms with Crippen LogP contribution in [0.4, 0.5) is 5.69 Å². The summed E-state index contributed by atoms with van der Waals surface area (Å²) in [6.07, 6.45) is 0. The maximum Gasteiger partial charge on any atom is 0.277 e. The molecule has 5 heteroatoms. The number of nitrogens with one attached hydrogen (secondary N) is 1. The number of hydrogen-bond acceptors (Lipinski definition) is 2. The summed E-state index contributed by atoms with van der Waals surface area (Å²) >= 11 is 6.15. The van der Waals surface area contributed by atoms with Crippen molar-refractivity contribution in [3.05, 3.63) is 64.7 Å².